The van der Waals surface area contributed by atoms with Crippen LogP contribution >= 0.6 is 11.6 Å². The summed E-state index contributed by atoms with van der Waals surface area (Å²) in [6, 6.07) is 5.01. The molecule has 0 aliphatic carbocycles. The van der Waals surface area contributed by atoms with E-state index in [-0.39, 0.29) is 11.8 Å². The Hall–Kier alpha value is -1.75. The highest BCUT2D eigenvalue weighted by atomic mass is 35.5. The predicted octanol–water partition coefficient (Wildman–Crippen LogP) is 2.04. The molecular formula is C15H19ClN2O3. The van der Waals surface area contributed by atoms with Crippen LogP contribution in [0.3, 0.4) is 0 Å². The van der Waals surface area contributed by atoms with Crippen molar-refractivity contribution in [2.45, 2.75) is 13.3 Å². The van der Waals surface area contributed by atoms with E-state index in [1.807, 2.05) is 6.92 Å². The molecule has 0 saturated carbocycles. The fourth-order valence-electron chi connectivity index (χ4n) is 2.36. The highest BCUT2D eigenvalue weighted by Crippen LogP contribution is 2.25. The number of rotatable bonds is 3. The van der Waals surface area contributed by atoms with Gasteiger partial charge in [-0.3, -0.25) is 9.59 Å². The molecule has 1 aliphatic rings. The van der Waals surface area contributed by atoms with Gasteiger partial charge in [0, 0.05) is 38.2 Å². The van der Waals surface area contributed by atoms with Crippen LogP contribution in [0.4, 0.5) is 0 Å². The number of carbonyl (C=O) groups excluding carboxylic acids is 2. The Bertz CT molecular complexity index is 540. The quantitative estimate of drug-likeness (QED) is 0.858. The lowest BCUT2D eigenvalue weighted by Gasteiger charge is -2.34. The third-order valence-corrected chi connectivity index (χ3v) is 3.92. The molecule has 1 aliphatic heterocycles. The summed E-state index contributed by atoms with van der Waals surface area (Å²) in [7, 11) is 1.53. The van der Waals surface area contributed by atoms with E-state index in [1.165, 1.54) is 7.11 Å². The third kappa shape index (κ3) is 3.47. The molecule has 5 nitrogen and oxygen atoms in total. The van der Waals surface area contributed by atoms with Gasteiger partial charge >= 0.3 is 0 Å². The molecule has 0 atom stereocenters. The van der Waals surface area contributed by atoms with E-state index in [4.69, 9.17) is 16.3 Å². The Labute approximate surface area is 129 Å². The maximum atomic E-state index is 12.4. The maximum absolute atomic E-state index is 12.4. The molecule has 114 valence electrons. The summed E-state index contributed by atoms with van der Waals surface area (Å²) in [5, 5.41) is 0.420. The normalized spacial score (nSPS) is 15.0. The average molecular weight is 311 g/mol. The van der Waals surface area contributed by atoms with Crippen LogP contribution in [0.25, 0.3) is 0 Å². The molecule has 0 bridgehead atoms. The number of hydrogen-bond acceptors (Lipinski definition) is 3. The van der Waals surface area contributed by atoms with Gasteiger partial charge in [-0.25, -0.2) is 0 Å². The van der Waals surface area contributed by atoms with E-state index in [0.29, 0.717) is 48.9 Å². The van der Waals surface area contributed by atoms with Crippen molar-refractivity contribution in [2.24, 2.45) is 0 Å². The highest BCUT2D eigenvalue weighted by molar-refractivity contribution is 6.32. The first-order chi connectivity index (χ1) is 10.1. The number of piperazine rings is 1. The zero-order valence-electron chi connectivity index (χ0n) is 12.3. The number of hydrogen-bond donors (Lipinski definition) is 0. The summed E-state index contributed by atoms with van der Waals surface area (Å²) < 4.78 is 5.08. The Morgan fingerprint density at radius 3 is 2.33 bits per heavy atom. The topological polar surface area (TPSA) is 49.9 Å². The van der Waals surface area contributed by atoms with E-state index < -0.39 is 0 Å². The highest BCUT2D eigenvalue weighted by Gasteiger charge is 2.24. The molecule has 21 heavy (non-hydrogen) atoms. The monoisotopic (exact) mass is 310 g/mol. The minimum Gasteiger partial charge on any atom is -0.495 e. The molecule has 2 amide bonds. The number of carbonyl (C=O) groups is 2. The van der Waals surface area contributed by atoms with Crippen LogP contribution in [0.15, 0.2) is 18.2 Å². The van der Waals surface area contributed by atoms with Crippen LogP contribution in [-0.4, -0.2) is 54.9 Å². The lowest BCUT2D eigenvalue weighted by Crippen LogP contribution is -2.50. The lowest BCUT2D eigenvalue weighted by molar-refractivity contribution is -0.132. The summed E-state index contributed by atoms with van der Waals surface area (Å²) in [6.07, 6.45) is 0.502. The van der Waals surface area contributed by atoms with E-state index in [0.717, 1.165) is 0 Å². The van der Waals surface area contributed by atoms with Gasteiger partial charge in [0.2, 0.25) is 5.91 Å². The zero-order chi connectivity index (χ0) is 15.4. The van der Waals surface area contributed by atoms with Crippen LogP contribution < -0.4 is 4.74 Å². The number of methoxy groups -OCH3 is 1. The van der Waals surface area contributed by atoms with Gasteiger partial charge in [-0.1, -0.05) is 18.5 Å². The SMILES string of the molecule is CCC(=O)N1CCN(C(=O)c2ccc(OC)c(Cl)c2)CC1. The summed E-state index contributed by atoms with van der Waals surface area (Å²) >= 11 is 6.05. The summed E-state index contributed by atoms with van der Waals surface area (Å²) in [5.74, 6) is 0.615. The molecule has 0 radical (unpaired) electrons. The van der Waals surface area contributed by atoms with Gasteiger partial charge in [-0.2, -0.15) is 0 Å². The summed E-state index contributed by atoms with van der Waals surface area (Å²) in [4.78, 5) is 27.6. The van der Waals surface area contributed by atoms with E-state index >= 15 is 0 Å². The van der Waals surface area contributed by atoms with Gasteiger partial charge in [-0.15, -0.1) is 0 Å². The van der Waals surface area contributed by atoms with Crippen molar-refractivity contribution in [1.82, 2.24) is 9.80 Å². The van der Waals surface area contributed by atoms with Gasteiger partial charge in [-0.05, 0) is 18.2 Å². The number of benzene rings is 1. The Morgan fingerprint density at radius 2 is 1.81 bits per heavy atom. The van der Waals surface area contributed by atoms with Crippen LogP contribution in [0, 0.1) is 0 Å². The first kappa shape index (κ1) is 15.6. The standard InChI is InChI=1S/C15H19ClN2O3/c1-3-14(19)17-6-8-18(9-7-17)15(20)11-4-5-13(21-2)12(16)10-11/h4-5,10H,3,6-9H2,1-2H3. The second kappa shape index (κ2) is 6.80. The molecular weight excluding hydrogens is 292 g/mol. The predicted molar refractivity (Wildman–Crippen MR) is 80.8 cm³/mol. The molecule has 0 aromatic heterocycles. The number of nitrogens with zero attached hydrogens (tertiary/aromatic N) is 2. The zero-order valence-corrected chi connectivity index (χ0v) is 13.0. The van der Waals surface area contributed by atoms with E-state index in [9.17, 15) is 9.59 Å². The Kier molecular flexibility index (Phi) is 5.07. The van der Waals surface area contributed by atoms with Crippen LogP contribution in [-0.2, 0) is 4.79 Å². The van der Waals surface area contributed by atoms with Gasteiger partial charge in [0.05, 0.1) is 12.1 Å². The Morgan fingerprint density at radius 1 is 1.19 bits per heavy atom. The average Bonchev–Trinajstić information content (AvgIpc) is 2.53. The summed E-state index contributed by atoms with van der Waals surface area (Å²) in [5.41, 5.74) is 0.538. The second-order valence-corrected chi connectivity index (χ2v) is 5.28. The van der Waals surface area contributed by atoms with Gasteiger partial charge in [0.15, 0.2) is 0 Å². The molecule has 0 N–H and O–H groups in total. The largest absolute Gasteiger partial charge is 0.495 e. The summed E-state index contributed by atoms with van der Waals surface area (Å²) in [6.45, 7) is 4.12. The van der Waals surface area contributed by atoms with E-state index in [1.54, 1.807) is 28.0 Å². The van der Waals surface area contributed by atoms with Crippen molar-refractivity contribution in [3.63, 3.8) is 0 Å². The minimum atomic E-state index is -0.0665. The number of ether oxygens (including phenoxy) is 1. The van der Waals surface area contributed by atoms with Crippen molar-refractivity contribution in [1.29, 1.82) is 0 Å². The van der Waals surface area contributed by atoms with Crippen molar-refractivity contribution in [3.05, 3.63) is 28.8 Å². The first-order valence-corrected chi connectivity index (χ1v) is 7.35. The molecule has 0 unspecified atom stereocenters. The maximum Gasteiger partial charge on any atom is 0.254 e. The van der Waals surface area contributed by atoms with Crippen molar-refractivity contribution in [2.75, 3.05) is 33.3 Å². The van der Waals surface area contributed by atoms with E-state index in [2.05, 4.69) is 0 Å². The molecule has 1 fully saturated rings. The van der Waals surface area contributed by atoms with Crippen LogP contribution in [0.5, 0.6) is 5.75 Å². The lowest BCUT2D eigenvalue weighted by atomic mass is 10.1. The first-order valence-electron chi connectivity index (χ1n) is 6.97. The number of halogens is 1. The van der Waals surface area contributed by atoms with Gasteiger partial charge in [0.1, 0.15) is 5.75 Å². The Balaban J connectivity index is 2.02. The molecule has 1 heterocycles. The van der Waals surface area contributed by atoms with Crippen LogP contribution in [0.2, 0.25) is 5.02 Å². The van der Waals surface area contributed by atoms with Gasteiger partial charge in [0.25, 0.3) is 5.91 Å². The molecule has 0 spiro atoms. The van der Waals surface area contributed by atoms with Crippen molar-refractivity contribution >= 4 is 23.4 Å². The van der Waals surface area contributed by atoms with Gasteiger partial charge < -0.3 is 14.5 Å². The molecule has 1 aromatic rings. The van der Waals surface area contributed by atoms with Crippen molar-refractivity contribution < 1.29 is 14.3 Å². The molecule has 2 rings (SSSR count). The smallest absolute Gasteiger partial charge is 0.254 e. The fourth-order valence-corrected chi connectivity index (χ4v) is 2.62. The fraction of sp³-hybridized carbons (Fsp3) is 0.467. The van der Waals surface area contributed by atoms with Crippen molar-refractivity contribution in [3.8, 4) is 5.75 Å². The number of amides is 2. The third-order valence-electron chi connectivity index (χ3n) is 3.62. The second-order valence-electron chi connectivity index (χ2n) is 4.88. The minimum absolute atomic E-state index is 0.0665. The molecule has 1 aromatic carbocycles. The van der Waals surface area contributed by atoms with Crippen LogP contribution in [0.1, 0.15) is 23.7 Å². The molecule has 1 saturated heterocycles. The molecule has 6 heteroatoms.